The largest absolute Gasteiger partial charge is 0.421 e. The highest BCUT2D eigenvalue weighted by Crippen LogP contribution is 2.26. The van der Waals surface area contributed by atoms with Crippen molar-refractivity contribution >= 4 is 29.0 Å². The number of nitrogens with one attached hydrogen (secondary N) is 3. The van der Waals surface area contributed by atoms with Crippen LogP contribution < -0.4 is 16.2 Å². The summed E-state index contributed by atoms with van der Waals surface area (Å²) in [5.74, 6) is 0.266. The standard InChI is InChI=1S/C29H28N8O4/c1-15-6-4-7-18(12-15)27-35-34-24(41-27)11-10-23(38)30-21-13-17(3)22(14-16(21)2)31-26(39)25-33-29-32-20-9-5-8-19(20)28(40)37(29)36-25/h4,6-7,12-14H,5,8-11H2,1-3H3,(H,30,38)(H,31,39)(H,32,33,36). The zero-order chi connectivity index (χ0) is 28.7. The Morgan fingerprint density at radius 2 is 1.78 bits per heavy atom. The van der Waals surface area contributed by atoms with Crippen molar-refractivity contribution in [3.05, 3.63) is 86.4 Å². The van der Waals surface area contributed by atoms with E-state index < -0.39 is 5.91 Å². The smallest absolute Gasteiger partial charge is 0.293 e. The van der Waals surface area contributed by atoms with Crippen molar-refractivity contribution in [2.24, 2.45) is 0 Å². The number of aromatic nitrogens is 6. The van der Waals surface area contributed by atoms with Crippen LogP contribution in [-0.4, -0.2) is 41.6 Å². The van der Waals surface area contributed by atoms with Crippen molar-refractivity contribution in [3.63, 3.8) is 0 Å². The number of aromatic amines is 1. The van der Waals surface area contributed by atoms with Gasteiger partial charge in [-0.05, 0) is 75.4 Å². The maximum absolute atomic E-state index is 13.0. The number of nitrogens with zero attached hydrogens (tertiary/aromatic N) is 5. The summed E-state index contributed by atoms with van der Waals surface area (Å²) in [6, 6.07) is 11.3. The summed E-state index contributed by atoms with van der Waals surface area (Å²) in [5, 5.41) is 16.7. The summed E-state index contributed by atoms with van der Waals surface area (Å²) < 4.78 is 6.95. The van der Waals surface area contributed by atoms with Gasteiger partial charge < -0.3 is 15.1 Å². The van der Waals surface area contributed by atoms with E-state index in [9.17, 15) is 14.4 Å². The molecule has 0 saturated carbocycles. The molecular formula is C29H28N8O4. The molecule has 0 unspecified atom stereocenters. The minimum Gasteiger partial charge on any atom is -0.421 e. The number of rotatable bonds is 7. The number of fused-ring (bicyclic) bond motifs is 2. The quantitative estimate of drug-likeness (QED) is 0.275. The molecule has 41 heavy (non-hydrogen) atoms. The zero-order valence-corrected chi connectivity index (χ0v) is 22.9. The lowest BCUT2D eigenvalue weighted by Crippen LogP contribution is -2.21. The molecular weight excluding hydrogens is 524 g/mol. The molecule has 2 aromatic carbocycles. The molecule has 0 saturated heterocycles. The number of benzene rings is 2. The number of hydrogen-bond donors (Lipinski definition) is 3. The van der Waals surface area contributed by atoms with Gasteiger partial charge in [0.2, 0.25) is 23.5 Å². The minimum absolute atomic E-state index is 0.0145. The van der Waals surface area contributed by atoms with Gasteiger partial charge in [0.05, 0.1) is 5.69 Å². The molecule has 12 heteroatoms. The Morgan fingerprint density at radius 1 is 1.00 bits per heavy atom. The average Bonchev–Trinajstić information content (AvgIpc) is 3.70. The maximum Gasteiger partial charge on any atom is 0.293 e. The van der Waals surface area contributed by atoms with Crippen molar-refractivity contribution in [1.82, 2.24) is 29.8 Å². The zero-order valence-electron chi connectivity index (χ0n) is 22.9. The van der Waals surface area contributed by atoms with Crippen molar-refractivity contribution < 1.29 is 14.0 Å². The van der Waals surface area contributed by atoms with Gasteiger partial charge in [0, 0.05) is 35.3 Å². The molecule has 1 aliphatic carbocycles. The molecule has 0 radical (unpaired) electrons. The number of hydrogen-bond acceptors (Lipinski definition) is 8. The van der Waals surface area contributed by atoms with E-state index in [2.05, 4.69) is 35.9 Å². The highest BCUT2D eigenvalue weighted by Gasteiger charge is 2.22. The summed E-state index contributed by atoms with van der Waals surface area (Å²) in [6.45, 7) is 5.65. The van der Waals surface area contributed by atoms with Gasteiger partial charge >= 0.3 is 0 Å². The number of carbonyl (C=O) groups is 2. The van der Waals surface area contributed by atoms with Gasteiger partial charge in [-0.1, -0.05) is 17.7 Å². The first-order chi connectivity index (χ1) is 19.7. The van der Waals surface area contributed by atoms with Crippen molar-refractivity contribution in [1.29, 1.82) is 0 Å². The Hall–Kier alpha value is -5.13. The summed E-state index contributed by atoms with van der Waals surface area (Å²) in [7, 11) is 0. The van der Waals surface area contributed by atoms with Crippen molar-refractivity contribution in [2.45, 2.75) is 52.9 Å². The van der Waals surface area contributed by atoms with E-state index in [1.54, 1.807) is 12.1 Å². The first-order valence-electron chi connectivity index (χ1n) is 13.4. The third kappa shape index (κ3) is 5.23. The van der Waals surface area contributed by atoms with Crippen molar-refractivity contribution in [3.8, 4) is 11.5 Å². The fourth-order valence-electron chi connectivity index (χ4n) is 4.94. The van der Waals surface area contributed by atoms with Gasteiger partial charge in [0.1, 0.15) is 0 Å². The molecule has 5 aromatic rings. The number of amides is 2. The topological polar surface area (TPSA) is 160 Å². The lowest BCUT2D eigenvalue weighted by Gasteiger charge is -2.13. The lowest BCUT2D eigenvalue weighted by atomic mass is 10.1. The Balaban J connectivity index is 1.10. The molecule has 2 amide bonds. The highest BCUT2D eigenvalue weighted by molar-refractivity contribution is 6.02. The molecule has 0 bridgehead atoms. The molecule has 0 fully saturated rings. The normalized spacial score (nSPS) is 12.5. The second-order valence-electron chi connectivity index (χ2n) is 10.3. The first-order valence-corrected chi connectivity index (χ1v) is 13.4. The average molecular weight is 553 g/mol. The molecule has 1 aliphatic rings. The van der Waals surface area contributed by atoms with Crippen LogP contribution >= 0.6 is 0 Å². The summed E-state index contributed by atoms with van der Waals surface area (Å²) in [6.07, 6.45) is 2.77. The van der Waals surface area contributed by atoms with Crippen LogP contribution in [0.2, 0.25) is 0 Å². The first kappa shape index (κ1) is 26.1. The van der Waals surface area contributed by atoms with Gasteiger partial charge in [-0.3, -0.25) is 19.5 Å². The Morgan fingerprint density at radius 3 is 2.56 bits per heavy atom. The Kier molecular flexibility index (Phi) is 6.66. The van der Waals surface area contributed by atoms with Crippen LogP contribution in [0.5, 0.6) is 0 Å². The molecule has 3 aromatic heterocycles. The number of aryl methyl sites for hydroxylation is 5. The van der Waals surface area contributed by atoms with Crippen LogP contribution in [0, 0.1) is 20.8 Å². The number of carbonyl (C=O) groups excluding carboxylic acids is 2. The summed E-state index contributed by atoms with van der Waals surface area (Å²) >= 11 is 0. The predicted octanol–water partition coefficient (Wildman–Crippen LogP) is 3.71. The fraction of sp³-hybridized carbons (Fsp3) is 0.276. The number of anilines is 2. The van der Waals surface area contributed by atoms with Crippen molar-refractivity contribution in [2.75, 3.05) is 10.6 Å². The number of H-pyrrole nitrogens is 1. The molecule has 6 rings (SSSR count). The molecule has 3 heterocycles. The van der Waals surface area contributed by atoms with Gasteiger partial charge in [0.25, 0.3) is 17.2 Å². The third-order valence-electron chi connectivity index (χ3n) is 7.12. The molecule has 208 valence electrons. The van der Waals surface area contributed by atoms with E-state index in [0.717, 1.165) is 40.8 Å². The lowest BCUT2D eigenvalue weighted by molar-refractivity contribution is -0.116. The van der Waals surface area contributed by atoms with Crippen LogP contribution in [-0.2, 0) is 24.1 Å². The Bertz CT molecular complexity index is 1880. The van der Waals surface area contributed by atoms with Crippen LogP contribution in [0.3, 0.4) is 0 Å². The van der Waals surface area contributed by atoms with Crippen LogP contribution in [0.25, 0.3) is 17.2 Å². The SMILES string of the molecule is Cc1cccc(-c2nnc(CCC(=O)Nc3cc(C)c(NC(=O)c4nc5nc6c(c(=O)n5[nH]4)CCC6)cc3C)o2)c1. The van der Waals surface area contributed by atoms with E-state index in [-0.39, 0.29) is 29.5 Å². The second kappa shape index (κ2) is 10.5. The second-order valence-corrected chi connectivity index (χ2v) is 10.3. The van der Waals surface area contributed by atoms with Gasteiger partial charge in [0.15, 0.2) is 0 Å². The van der Waals surface area contributed by atoms with E-state index >= 15 is 0 Å². The molecule has 0 atom stereocenters. The van der Waals surface area contributed by atoms with Gasteiger partial charge in [-0.15, -0.1) is 10.2 Å². The van der Waals surface area contributed by atoms with E-state index in [1.165, 1.54) is 4.52 Å². The fourth-order valence-corrected chi connectivity index (χ4v) is 4.94. The predicted molar refractivity (Wildman–Crippen MR) is 151 cm³/mol. The van der Waals surface area contributed by atoms with Gasteiger partial charge in [-0.25, -0.2) is 4.98 Å². The Labute approximate surface area is 234 Å². The van der Waals surface area contributed by atoms with E-state index in [4.69, 9.17) is 4.42 Å². The molecule has 0 aliphatic heterocycles. The van der Waals surface area contributed by atoms with E-state index in [0.29, 0.717) is 41.6 Å². The van der Waals surface area contributed by atoms with Crippen LogP contribution in [0.4, 0.5) is 11.4 Å². The van der Waals surface area contributed by atoms with Crippen LogP contribution in [0.15, 0.2) is 45.6 Å². The third-order valence-corrected chi connectivity index (χ3v) is 7.12. The minimum atomic E-state index is -0.501. The monoisotopic (exact) mass is 552 g/mol. The van der Waals surface area contributed by atoms with E-state index in [1.807, 2.05) is 45.0 Å². The summed E-state index contributed by atoms with van der Waals surface area (Å²) in [5.41, 5.74) is 5.82. The maximum atomic E-state index is 13.0. The van der Waals surface area contributed by atoms with Crippen LogP contribution in [0.1, 0.15) is 57.3 Å². The molecule has 12 nitrogen and oxygen atoms in total. The molecule has 3 N–H and O–H groups in total. The summed E-state index contributed by atoms with van der Waals surface area (Å²) in [4.78, 5) is 47.0. The van der Waals surface area contributed by atoms with Gasteiger partial charge in [-0.2, -0.15) is 9.50 Å². The highest BCUT2D eigenvalue weighted by atomic mass is 16.4. The molecule has 0 spiro atoms.